The lowest BCUT2D eigenvalue weighted by Gasteiger charge is -2.14. The van der Waals surface area contributed by atoms with Crippen molar-refractivity contribution < 1.29 is 5.11 Å². The summed E-state index contributed by atoms with van der Waals surface area (Å²) in [5.74, 6) is 0. The smallest absolute Gasteiger partial charge is 0.0785 e. The van der Waals surface area contributed by atoms with Crippen LogP contribution in [0.1, 0.15) is 25.3 Å². The van der Waals surface area contributed by atoms with Crippen molar-refractivity contribution in [2.24, 2.45) is 0 Å². The maximum atomic E-state index is 9.55. The van der Waals surface area contributed by atoms with Gasteiger partial charge in [0.15, 0.2) is 0 Å². The molecule has 0 saturated heterocycles. The van der Waals surface area contributed by atoms with Crippen LogP contribution in [0.15, 0.2) is 12.4 Å². The van der Waals surface area contributed by atoms with E-state index in [9.17, 15) is 5.11 Å². The first-order valence-corrected chi connectivity index (χ1v) is 4.53. The standard InChI is InChI=1S/C8H11ClN2O/c9-6-4-10-11(5-6)7-2-1-3-8(7)12/h4-5,7-8,12H,1-3H2/t7-,8-/m0/s1. The summed E-state index contributed by atoms with van der Waals surface area (Å²) in [6.45, 7) is 0. The number of aliphatic hydroxyl groups excluding tert-OH is 1. The quantitative estimate of drug-likeness (QED) is 0.724. The number of rotatable bonds is 1. The van der Waals surface area contributed by atoms with Crippen LogP contribution in [0.5, 0.6) is 0 Å². The topological polar surface area (TPSA) is 38.0 Å². The molecule has 0 amide bonds. The minimum absolute atomic E-state index is 0.137. The van der Waals surface area contributed by atoms with Crippen molar-refractivity contribution in [2.45, 2.75) is 31.4 Å². The Bertz CT molecular complexity index is 274. The van der Waals surface area contributed by atoms with Gasteiger partial charge in [-0.3, -0.25) is 4.68 Å². The highest BCUT2D eigenvalue weighted by atomic mass is 35.5. The third-order valence-electron chi connectivity index (χ3n) is 2.35. The van der Waals surface area contributed by atoms with E-state index >= 15 is 0 Å². The zero-order chi connectivity index (χ0) is 8.55. The molecular formula is C8H11ClN2O. The first-order chi connectivity index (χ1) is 5.77. The highest BCUT2D eigenvalue weighted by molar-refractivity contribution is 6.30. The Kier molecular flexibility index (Phi) is 2.07. The average molecular weight is 187 g/mol. The Labute approximate surface area is 76.0 Å². The summed E-state index contributed by atoms with van der Waals surface area (Å²) in [4.78, 5) is 0. The van der Waals surface area contributed by atoms with Crippen LogP contribution in [0.3, 0.4) is 0 Å². The highest BCUT2D eigenvalue weighted by Crippen LogP contribution is 2.29. The highest BCUT2D eigenvalue weighted by Gasteiger charge is 2.27. The first kappa shape index (κ1) is 8.08. The van der Waals surface area contributed by atoms with Crippen LogP contribution in [0.2, 0.25) is 5.02 Å². The van der Waals surface area contributed by atoms with Gasteiger partial charge in [-0.2, -0.15) is 5.10 Å². The Morgan fingerprint density at radius 3 is 2.92 bits per heavy atom. The number of aromatic nitrogens is 2. The van der Waals surface area contributed by atoms with Gasteiger partial charge in [0.25, 0.3) is 0 Å². The van der Waals surface area contributed by atoms with Crippen LogP contribution in [0.25, 0.3) is 0 Å². The molecule has 1 N–H and O–H groups in total. The van der Waals surface area contributed by atoms with Gasteiger partial charge >= 0.3 is 0 Å². The molecule has 0 unspecified atom stereocenters. The second kappa shape index (κ2) is 3.07. The minimum Gasteiger partial charge on any atom is -0.391 e. The molecule has 0 aromatic carbocycles. The summed E-state index contributed by atoms with van der Waals surface area (Å²) < 4.78 is 1.76. The van der Waals surface area contributed by atoms with Crippen LogP contribution in [-0.4, -0.2) is 21.0 Å². The van der Waals surface area contributed by atoms with E-state index < -0.39 is 0 Å². The lowest BCUT2D eigenvalue weighted by atomic mass is 10.2. The Morgan fingerprint density at radius 1 is 1.58 bits per heavy atom. The van der Waals surface area contributed by atoms with E-state index in [0.29, 0.717) is 5.02 Å². The molecule has 0 bridgehead atoms. The lowest BCUT2D eigenvalue weighted by molar-refractivity contribution is 0.130. The van der Waals surface area contributed by atoms with E-state index in [2.05, 4.69) is 5.10 Å². The zero-order valence-electron chi connectivity index (χ0n) is 6.65. The lowest BCUT2D eigenvalue weighted by Crippen LogP contribution is -2.18. The summed E-state index contributed by atoms with van der Waals surface area (Å²) >= 11 is 5.72. The molecule has 0 radical (unpaired) electrons. The third-order valence-corrected chi connectivity index (χ3v) is 2.55. The number of nitrogens with zero attached hydrogens (tertiary/aromatic N) is 2. The number of aliphatic hydroxyl groups is 1. The average Bonchev–Trinajstić information content (AvgIpc) is 2.58. The molecule has 0 aliphatic heterocycles. The van der Waals surface area contributed by atoms with Crippen molar-refractivity contribution in [2.75, 3.05) is 0 Å². The van der Waals surface area contributed by atoms with Gasteiger partial charge in [-0.1, -0.05) is 11.6 Å². The van der Waals surface area contributed by atoms with Crippen LogP contribution < -0.4 is 0 Å². The van der Waals surface area contributed by atoms with Gasteiger partial charge in [0.2, 0.25) is 0 Å². The van der Waals surface area contributed by atoms with Crippen molar-refractivity contribution in [3.05, 3.63) is 17.4 Å². The fourth-order valence-corrected chi connectivity index (χ4v) is 1.87. The normalized spacial score (nSPS) is 29.5. The molecule has 1 aromatic rings. The third kappa shape index (κ3) is 1.34. The Hall–Kier alpha value is -0.540. The van der Waals surface area contributed by atoms with Gasteiger partial charge in [0.1, 0.15) is 0 Å². The minimum atomic E-state index is -0.249. The van der Waals surface area contributed by atoms with Crippen molar-refractivity contribution in [3.63, 3.8) is 0 Å². The second-order valence-electron chi connectivity index (χ2n) is 3.20. The van der Waals surface area contributed by atoms with Crippen molar-refractivity contribution in [3.8, 4) is 0 Å². The molecule has 12 heavy (non-hydrogen) atoms. The zero-order valence-corrected chi connectivity index (χ0v) is 7.41. The predicted octanol–water partition coefficient (Wildman–Crippen LogP) is 1.62. The van der Waals surface area contributed by atoms with Gasteiger partial charge in [-0.05, 0) is 19.3 Å². The van der Waals surface area contributed by atoms with Crippen LogP contribution in [-0.2, 0) is 0 Å². The summed E-state index contributed by atoms with van der Waals surface area (Å²) in [6, 6.07) is 0.137. The molecule has 1 aromatic heterocycles. The monoisotopic (exact) mass is 186 g/mol. The van der Waals surface area contributed by atoms with Gasteiger partial charge in [-0.15, -0.1) is 0 Å². The number of hydrogen-bond acceptors (Lipinski definition) is 2. The Balaban J connectivity index is 2.19. The van der Waals surface area contributed by atoms with E-state index in [-0.39, 0.29) is 12.1 Å². The molecule has 1 heterocycles. The maximum Gasteiger partial charge on any atom is 0.0785 e. The molecule has 4 heteroatoms. The maximum absolute atomic E-state index is 9.55. The number of hydrogen-bond donors (Lipinski definition) is 1. The van der Waals surface area contributed by atoms with Crippen molar-refractivity contribution >= 4 is 11.6 Å². The van der Waals surface area contributed by atoms with Crippen molar-refractivity contribution in [1.82, 2.24) is 9.78 Å². The predicted molar refractivity (Wildman–Crippen MR) is 46.1 cm³/mol. The molecule has 1 saturated carbocycles. The SMILES string of the molecule is O[C@H]1CCC[C@@H]1n1cc(Cl)cn1. The van der Waals surface area contributed by atoms with Gasteiger partial charge < -0.3 is 5.11 Å². The van der Waals surface area contributed by atoms with Gasteiger partial charge in [-0.25, -0.2) is 0 Å². The van der Waals surface area contributed by atoms with Gasteiger partial charge in [0, 0.05) is 6.20 Å². The summed E-state index contributed by atoms with van der Waals surface area (Å²) in [5.41, 5.74) is 0. The van der Waals surface area contributed by atoms with Crippen molar-refractivity contribution in [1.29, 1.82) is 0 Å². The summed E-state index contributed by atoms with van der Waals surface area (Å²) in [5, 5.41) is 14.3. The molecular weight excluding hydrogens is 176 g/mol. The molecule has 1 fully saturated rings. The Morgan fingerprint density at radius 2 is 2.42 bits per heavy atom. The summed E-state index contributed by atoms with van der Waals surface area (Å²) in [6.07, 6.45) is 6.07. The van der Waals surface area contributed by atoms with Crippen LogP contribution in [0, 0.1) is 0 Å². The molecule has 3 nitrogen and oxygen atoms in total. The second-order valence-corrected chi connectivity index (χ2v) is 3.64. The van der Waals surface area contributed by atoms with E-state index in [4.69, 9.17) is 11.6 Å². The van der Waals surface area contributed by atoms with Gasteiger partial charge in [0.05, 0.1) is 23.4 Å². The van der Waals surface area contributed by atoms with E-state index in [0.717, 1.165) is 19.3 Å². The first-order valence-electron chi connectivity index (χ1n) is 4.15. The fourth-order valence-electron chi connectivity index (χ4n) is 1.73. The fraction of sp³-hybridized carbons (Fsp3) is 0.625. The molecule has 66 valence electrons. The van der Waals surface area contributed by atoms with E-state index in [1.807, 2.05) is 0 Å². The van der Waals surface area contributed by atoms with E-state index in [1.54, 1.807) is 17.1 Å². The molecule has 2 atom stereocenters. The van der Waals surface area contributed by atoms with E-state index in [1.165, 1.54) is 0 Å². The largest absolute Gasteiger partial charge is 0.391 e. The summed E-state index contributed by atoms with van der Waals surface area (Å²) in [7, 11) is 0. The number of halogens is 1. The molecule has 1 aliphatic rings. The van der Waals surface area contributed by atoms with Crippen LogP contribution >= 0.6 is 11.6 Å². The molecule has 1 aliphatic carbocycles. The molecule has 0 spiro atoms. The van der Waals surface area contributed by atoms with Crippen LogP contribution in [0.4, 0.5) is 0 Å². The molecule has 2 rings (SSSR count).